The molecule has 2 atom stereocenters. The Hall–Kier alpha value is -1.28. The lowest BCUT2D eigenvalue weighted by Crippen LogP contribution is -2.05. The van der Waals surface area contributed by atoms with E-state index < -0.39 is 5.60 Å². The lowest BCUT2D eigenvalue weighted by molar-refractivity contribution is 0.110. The van der Waals surface area contributed by atoms with Gasteiger partial charge in [-0.15, -0.1) is 0 Å². The smallest absolute Gasteiger partial charge is 0.137 e. The van der Waals surface area contributed by atoms with Crippen LogP contribution in [0.15, 0.2) is 34.7 Å². The zero-order valence-corrected chi connectivity index (χ0v) is 8.03. The van der Waals surface area contributed by atoms with Crippen LogP contribution in [0.1, 0.15) is 19.1 Å². The van der Waals surface area contributed by atoms with E-state index in [2.05, 4.69) is 0 Å². The molecule has 2 heteroatoms. The molecule has 1 aliphatic carbocycles. The largest absolute Gasteiger partial charge is 0.458 e. The van der Waals surface area contributed by atoms with Crippen molar-refractivity contribution < 1.29 is 9.52 Å². The fourth-order valence-electron chi connectivity index (χ4n) is 1.95. The molecule has 1 aromatic carbocycles. The van der Waals surface area contributed by atoms with Gasteiger partial charge in [0.05, 0.1) is 0 Å². The van der Waals surface area contributed by atoms with Gasteiger partial charge in [0.2, 0.25) is 0 Å². The van der Waals surface area contributed by atoms with E-state index in [9.17, 15) is 5.11 Å². The van der Waals surface area contributed by atoms with Gasteiger partial charge in [-0.05, 0) is 24.5 Å². The predicted octanol–water partition coefficient (Wildman–Crippen LogP) is 2.66. The third-order valence-corrected chi connectivity index (χ3v) is 3.12. The summed E-state index contributed by atoms with van der Waals surface area (Å²) in [6, 6.07) is 9.78. The van der Waals surface area contributed by atoms with Crippen LogP contribution in [-0.2, 0) is 5.60 Å². The number of hydrogen-bond acceptors (Lipinski definition) is 2. The van der Waals surface area contributed by atoms with Gasteiger partial charge in [-0.3, -0.25) is 0 Å². The van der Waals surface area contributed by atoms with E-state index in [-0.39, 0.29) is 0 Å². The second-order valence-electron chi connectivity index (χ2n) is 4.18. The van der Waals surface area contributed by atoms with Crippen molar-refractivity contribution in [2.24, 2.45) is 5.92 Å². The molecule has 0 spiro atoms. The minimum atomic E-state index is -0.695. The highest BCUT2D eigenvalue weighted by Gasteiger charge is 2.53. The van der Waals surface area contributed by atoms with Gasteiger partial charge in [0.25, 0.3) is 0 Å². The predicted molar refractivity (Wildman–Crippen MR) is 53.9 cm³/mol. The lowest BCUT2D eigenvalue weighted by atomic mass is 10.2. The molecule has 14 heavy (non-hydrogen) atoms. The second kappa shape index (κ2) is 2.39. The number of furan rings is 1. The summed E-state index contributed by atoms with van der Waals surface area (Å²) in [5.41, 5.74) is 0.161. The molecular formula is C12H12O2. The molecule has 1 N–H and O–H groups in total. The number of para-hydroxylation sites is 1. The Balaban J connectivity index is 2.16. The molecule has 1 fully saturated rings. The average Bonchev–Trinajstić information content (AvgIpc) is 2.66. The molecule has 1 heterocycles. The molecule has 0 radical (unpaired) electrons. The van der Waals surface area contributed by atoms with E-state index in [1.807, 2.05) is 37.3 Å². The van der Waals surface area contributed by atoms with Crippen LogP contribution >= 0.6 is 0 Å². The van der Waals surface area contributed by atoms with E-state index in [1.54, 1.807) is 0 Å². The van der Waals surface area contributed by atoms with E-state index in [0.29, 0.717) is 11.7 Å². The van der Waals surface area contributed by atoms with Crippen molar-refractivity contribution in [2.75, 3.05) is 0 Å². The van der Waals surface area contributed by atoms with Crippen LogP contribution in [0.2, 0.25) is 0 Å². The van der Waals surface area contributed by atoms with Crippen molar-refractivity contribution >= 4 is 11.0 Å². The van der Waals surface area contributed by atoms with Gasteiger partial charge in [-0.2, -0.15) is 0 Å². The van der Waals surface area contributed by atoms with Gasteiger partial charge < -0.3 is 9.52 Å². The van der Waals surface area contributed by atoms with Crippen LogP contribution in [-0.4, -0.2) is 5.11 Å². The summed E-state index contributed by atoms with van der Waals surface area (Å²) in [5.74, 6) is 1.04. The molecule has 0 bridgehead atoms. The highest BCUT2D eigenvalue weighted by molar-refractivity contribution is 5.78. The van der Waals surface area contributed by atoms with E-state index in [0.717, 1.165) is 17.4 Å². The summed E-state index contributed by atoms with van der Waals surface area (Å²) < 4.78 is 5.62. The summed E-state index contributed by atoms with van der Waals surface area (Å²) in [7, 11) is 0. The molecule has 0 amide bonds. The fraction of sp³-hybridized carbons (Fsp3) is 0.333. The molecule has 1 aliphatic rings. The quantitative estimate of drug-likeness (QED) is 0.746. The maximum Gasteiger partial charge on any atom is 0.137 e. The van der Waals surface area contributed by atoms with E-state index in [1.165, 1.54) is 0 Å². The first-order valence-corrected chi connectivity index (χ1v) is 4.91. The first-order valence-electron chi connectivity index (χ1n) is 4.91. The fourth-order valence-corrected chi connectivity index (χ4v) is 1.95. The Morgan fingerprint density at radius 3 is 2.79 bits per heavy atom. The zero-order valence-electron chi connectivity index (χ0n) is 8.03. The number of aliphatic hydroxyl groups is 1. The molecule has 2 nitrogen and oxygen atoms in total. The molecular weight excluding hydrogens is 176 g/mol. The first kappa shape index (κ1) is 8.06. The van der Waals surface area contributed by atoms with Gasteiger partial charge in [-0.25, -0.2) is 0 Å². The normalized spacial score (nSPS) is 30.9. The Morgan fingerprint density at radius 1 is 1.43 bits per heavy atom. The number of benzene rings is 1. The molecule has 0 saturated heterocycles. The Labute approximate surface area is 82.2 Å². The van der Waals surface area contributed by atoms with Crippen LogP contribution in [0.5, 0.6) is 0 Å². The van der Waals surface area contributed by atoms with Crippen molar-refractivity contribution in [3.63, 3.8) is 0 Å². The van der Waals surface area contributed by atoms with Crippen LogP contribution < -0.4 is 0 Å². The minimum Gasteiger partial charge on any atom is -0.458 e. The highest BCUT2D eigenvalue weighted by atomic mass is 16.4. The maximum absolute atomic E-state index is 10.1. The summed E-state index contributed by atoms with van der Waals surface area (Å²) >= 11 is 0. The molecule has 2 aromatic rings. The van der Waals surface area contributed by atoms with Crippen LogP contribution in [0.4, 0.5) is 0 Å². The number of rotatable bonds is 1. The molecule has 2 unspecified atom stereocenters. The number of fused-ring (bicyclic) bond motifs is 1. The van der Waals surface area contributed by atoms with E-state index >= 15 is 0 Å². The van der Waals surface area contributed by atoms with Crippen molar-refractivity contribution in [3.8, 4) is 0 Å². The van der Waals surface area contributed by atoms with Gasteiger partial charge in [0.15, 0.2) is 0 Å². The maximum atomic E-state index is 10.1. The second-order valence-corrected chi connectivity index (χ2v) is 4.18. The number of hydrogen-bond donors (Lipinski definition) is 1. The monoisotopic (exact) mass is 188 g/mol. The summed E-state index contributed by atoms with van der Waals surface area (Å²) in [4.78, 5) is 0. The van der Waals surface area contributed by atoms with Crippen LogP contribution in [0.3, 0.4) is 0 Å². The van der Waals surface area contributed by atoms with Gasteiger partial charge in [-0.1, -0.05) is 25.1 Å². The summed E-state index contributed by atoms with van der Waals surface area (Å²) in [6.45, 7) is 2.03. The Kier molecular flexibility index (Phi) is 1.38. The molecule has 1 aromatic heterocycles. The van der Waals surface area contributed by atoms with Crippen LogP contribution in [0, 0.1) is 5.92 Å². The highest BCUT2D eigenvalue weighted by Crippen LogP contribution is 2.52. The van der Waals surface area contributed by atoms with Crippen molar-refractivity contribution in [3.05, 3.63) is 36.1 Å². The third kappa shape index (κ3) is 0.946. The first-order chi connectivity index (χ1) is 6.70. The standard InChI is InChI=1S/C12H12O2/c1-8-7-12(8,13)11-6-9-4-2-3-5-10(9)14-11/h2-6,8,13H,7H2,1H3. The van der Waals surface area contributed by atoms with Gasteiger partial charge in [0.1, 0.15) is 16.9 Å². The molecule has 0 aliphatic heterocycles. The SMILES string of the molecule is CC1CC1(O)c1cc2ccccc2o1. The minimum absolute atomic E-state index is 0.322. The Bertz CT molecular complexity index is 453. The average molecular weight is 188 g/mol. The summed E-state index contributed by atoms with van der Waals surface area (Å²) in [6.07, 6.45) is 0.812. The zero-order chi connectivity index (χ0) is 9.76. The van der Waals surface area contributed by atoms with Gasteiger partial charge >= 0.3 is 0 Å². The van der Waals surface area contributed by atoms with Gasteiger partial charge in [0, 0.05) is 5.39 Å². The van der Waals surface area contributed by atoms with Crippen LogP contribution in [0.25, 0.3) is 11.0 Å². The Morgan fingerprint density at radius 2 is 2.14 bits per heavy atom. The van der Waals surface area contributed by atoms with Crippen molar-refractivity contribution in [1.29, 1.82) is 0 Å². The molecule has 3 rings (SSSR count). The molecule has 1 saturated carbocycles. The van der Waals surface area contributed by atoms with Crippen molar-refractivity contribution in [1.82, 2.24) is 0 Å². The topological polar surface area (TPSA) is 33.4 Å². The third-order valence-electron chi connectivity index (χ3n) is 3.12. The summed E-state index contributed by atoms with van der Waals surface area (Å²) in [5, 5.41) is 11.1. The van der Waals surface area contributed by atoms with Crippen molar-refractivity contribution in [2.45, 2.75) is 18.9 Å². The lowest BCUT2D eigenvalue weighted by Gasteiger charge is -2.02. The molecule has 72 valence electrons. The van der Waals surface area contributed by atoms with E-state index in [4.69, 9.17) is 4.42 Å².